The van der Waals surface area contributed by atoms with Crippen molar-refractivity contribution in [2.75, 3.05) is 32.1 Å². The number of rotatable bonds is 7. The van der Waals surface area contributed by atoms with Crippen LogP contribution in [-0.2, 0) is 13.1 Å². The van der Waals surface area contributed by atoms with E-state index in [0.717, 1.165) is 44.8 Å². The molecule has 0 amide bonds. The minimum atomic E-state index is 0.326. The molecular weight excluding hydrogens is 312 g/mol. The molecule has 1 aliphatic rings. The van der Waals surface area contributed by atoms with Gasteiger partial charge in [0.05, 0.1) is 7.11 Å². The normalized spacial score (nSPS) is 15.9. The number of likely N-dealkylation sites (tertiary alicyclic amines) is 1. The highest BCUT2D eigenvalue weighted by molar-refractivity contribution is 5.51. The smallest absolute Gasteiger partial charge is 0.119 e. The van der Waals surface area contributed by atoms with Gasteiger partial charge in [-0.25, -0.2) is 0 Å². The van der Waals surface area contributed by atoms with Crippen molar-refractivity contribution in [3.8, 4) is 5.75 Å². The Balaban J connectivity index is 1.61. The summed E-state index contributed by atoms with van der Waals surface area (Å²) in [6.45, 7) is 4.19. The average Bonchev–Trinajstić information content (AvgIpc) is 2.68. The van der Waals surface area contributed by atoms with Crippen molar-refractivity contribution in [3.63, 3.8) is 0 Å². The molecule has 0 aromatic heterocycles. The Kier molecular flexibility index (Phi) is 6.31. The lowest BCUT2D eigenvalue weighted by molar-refractivity contribution is 0.127. The number of anilines is 1. The summed E-state index contributed by atoms with van der Waals surface area (Å²) in [4.78, 5) is 2.48. The van der Waals surface area contributed by atoms with Crippen LogP contribution >= 0.6 is 0 Å². The van der Waals surface area contributed by atoms with Crippen LogP contribution in [0.4, 0.5) is 5.69 Å². The third-order valence-electron chi connectivity index (χ3n) is 4.99. The number of hydrogen-bond donors (Lipinski definition) is 2. The van der Waals surface area contributed by atoms with E-state index in [4.69, 9.17) is 4.74 Å². The van der Waals surface area contributed by atoms with Crippen LogP contribution < -0.4 is 10.1 Å². The molecule has 0 radical (unpaired) electrons. The van der Waals surface area contributed by atoms with Crippen molar-refractivity contribution < 1.29 is 9.84 Å². The zero-order valence-corrected chi connectivity index (χ0v) is 14.9. The second kappa shape index (κ2) is 8.88. The highest BCUT2D eigenvalue weighted by Gasteiger charge is 2.19. The van der Waals surface area contributed by atoms with Crippen molar-refractivity contribution >= 4 is 5.69 Å². The summed E-state index contributed by atoms with van der Waals surface area (Å²) in [5.74, 6) is 1.37. The lowest BCUT2D eigenvalue weighted by atomic mass is 9.97. The summed E-state index contributed by atoms with van der Waals surface area (Å²) in [5.41, 5.74) is 3.72. The maximum Gasteiger partial charge on any atom is 0.119 e. The summed E-state index contributed by atoms with van der Waals surface area (Å²) in [7, 11) is 1.70. The van der Waals surface area contributed by atoms with Crippen molar-refractivity contribution in [3.05, 3.63) is 59.7 Å². The standard InChI is InChI=1S/C21H28N2O2/c1-25-20-7-4-5-18(13-20)14-22-21-8-3-2-6-19(21)15-23-11-9-17(16-24)10-12-23/h2-8,13,17,22,24H,9-12,14-16H2,1H3. The second-order valence-electron chi connectivity index (χ2n) is 6.76. The van der Waals surface area contributed by atoms with E-state index in [1.165, 1.54) is 16.8 Å². The zero-order valence-electron chi connectivity index (χ0n) is 14.9. The SMILES string of the molecule is COc1cccc(CNc2ccccc2CN2CCC(CO)CC2)c1. The third kappa shape index (κ3) is 4.97. The molecule has 0 aliphatic carbocycles. The Bertz CT molecular complexity index is 666. The number of methoxy groups -OCH3 is 1. The Morgan fingerprint density at radius 1 is 1.12 bits per heavy atom. The maximum atomic E-state index is 9.29. The van der Waals surface area contributed by atoms with Crippen LogP contribution in [0.3, 0.4) is 0 Å². The number of benzene rings is 2. The Labute approximate surface area is 150 Å². The first kappa shape index (κ1) is 17.8. The molecule has 0 saturated carbocycles. The van der Waals surface area contributed by atoms with E-state index >= 15 is 0 Å². The Hall–Kier alpha value is -2.04. The fourth-order valence-corrected chi connectivity index (χ4v) is 3.38. The molecule has 2 N–H and O–H groups in total. The van der Waals surface area contributed by atoms with Gasteiger partial charge in [-0.15, -0.1) is 0 Å². The summed E-state index contributed by atoms with van der Waals surface area (Å²) in [6, 6.07) is 16.7. The Morgan fingerprint density at radius 3 is 2.68 bits per heavy atom. The molecule has 4 heteroatoms. The average molecular weight is 340 g/mol. The van der Waals surface area contributed by atoms with Crippen molar-refractivity contribution in [2.45, 2.75) is 25.9 Å². The molecule has 0 bridgehead atoms. The second-order valence-corrected chi connectivity index (χ2v) is 6.76. The fourth-order valence-electron chi connectivity index (χ4n) is 3.38. The lowest BCUT2D eigenvalue weighted by Crippen LogP contribution is -2.34. The predicted molar refractivity (Wildman–Crippen MR) is 102 cm³/mol. The van der Waals surface area contributed by atoms with Crippen LogP contribution in [0.1, 0.15) is 24.0 Å². The monoisotopic (exact) mass is 340 g/mol. The first-order valence-electron chi connectivity index (χ1n) is 9.06. The van der Waals surface area contributed by atoms with Gasteiger partial charge in [0, 0.05) is 25.4 Å². The van der Waals surface area contributed by atoms with Gasteiger partial charge in [-0.3, -0.25) is 4.90 Å². The van der Waals surface area contributed by atoms with Gasteiger partial charge < -0.3 is 15.2 Å². The highest BCUT2D eigenvalue weighted by atomic mass is 16.5. The van der Waals surface area contributed by atoms with Crippen LogP contribution in [0.5, 0.6) is 5.75 Å². The number of nitrogens with one attached hydrogen (secondary N) is 1. The minimum Gasteiger partial charge on any atom is -0.497 e. The zero-order chi connectivity index (χ0) is 17.5. The molecule has 134 valence electrons. The van der Waals surface area contributed by atoms with Crippen molar-refractivity contribution in [1.29, 1.82) is 0 Å². The molecule has 4 nitrogen and oxygen atoms in total. The van der Waals surface area contributed by atoms with Gasteiger partial charge >= 0.3 is 0 Å². The number of para-hydroxylation sites is 1. The van der Waals surface area contributed by atoms with Gasteiger partial charge in [0.1, 0.15) is 5.75 Å². The maximum absolute atomic E-state index is 9.29. The number of aliphatic hydroxyl groups excluding tert-OH is 1. The number of hydrogen-bond acceptors (Lipinski definition) is 4. The van der Waals surface area contributed by atoms with Crippen LogP contribution in [0.25, 0.3) is 0 Å². The molecule has 1 saturated heterocycles. The van der Waals surface area contributed by atoms with Gasteiger partial charge in [-0.1, -0.05) is 30.3 Å². The molecule has 0 atom stereocenters. The number of piperidine rings is 1. The van der Waals surface area contributed by atoms with Gasteiger partial charge in [-0.05, 0) is 61.2 Å². The van der Waals surface area contributed by atoms with E-state index in [1.807, 2.05) is 12.1 Å². The van der Waals surface area contributed by atoms with Crippen molar-refractivity contribution in [2.24, 2.45) is 5.92 Å². The molecule has 1 heterocycles. The fraction of sp³-hybridized carbons (Fsp3) is 0.429. The van der Waals surface area contributed by atoms with Crippen LogP contribution in [-0.4, -0.2) is 36.8 Å². The van der Waals surface area contributed by atoms with Crippen LogP contribution in [0.2, 0.25) is 0 Å². The van der Waals surface area contributed by atoms with Crippen LogP contribution in [0, 0.1) is 5.92 Å². The molecule has 2 aromatic carbocycles. The Morgan fingerprint density at radius 2 is 1.92 bits per heavy atom. The largest absolute Gasteiger partial charge is 0.497 e. The summed E-state index contributed by atoms with van der Waals surface area (Å²) in [6.07, 6.45) is 2.19. The summed E-state index contributed by atoms with van der Waals surface area (Å²) in [5, 5.41) is 12.9. The molecule has 1 aliphatic heterocycles. The highest BCUT2D eigenvalue weighted by Crippen LogP contribution is 2.23. The topological polar surface area (TPSA) is 44.7 Å². The van der Waals surface area contributed by atoms with Gasteiger partial charge in [0.2, 0.25) is 0 Å². The predicted octanol–water partition coefficient (Wildman–Crippen LogP) is 3.51. The van der Waals surface area contributed by atoms with E-state index < -0.39 is 0 Å². The molecule has 2 aromatic rings. The van der Waals surface area contributed by atoms with E-state index in [1.54, 1.807) is 7.11 Å². The van der Waals surface area contributed by atoms with Crippen LogP contribution in [0.15, 0.2) is 48.5 Å². The summed E-state index contributed by atoms with van der Waals surface area (Å²) >= 11 is 0. The number of ether oxygens (including phenoxy) is 1. The van der Waals surface area contributed by atoms with E-state index in [0.29, 0.717) is 12.5 Å². The molecular formula is C21H28N2O2. The van der Waals surface area contributed by atoms with E-state index in [2.05, 4.69) is 46.6 Å². The van der Waals surface area contributed by atoms with E-state index in [-0.39, 0.29) is 0 Å². The molecule has 0 spiro atoms. The lowest BCUT2D eigenvalue weighted by Gasteiger charge is -2.31. The quantitative estimate of drug-likeness (QED) is 0.810. The molecule has 1 fully saturated rings. The third-order valence-corrected chi connectivity index (χ3v) is 4.99. The summed E-state index contributed by atoms with van der Waals surface area (Å²) < 4.78 is 5.30. The molecule has 25 heavy (non-hydrogen) atoms. The van der Waals surface area contributed by atoms with E-state index in [9.17, 15) is 5.11 Å². The van der Waals surface area contributed by atoms with Crippen molar-refractivity contribution in [1.82, 2.24) is 4.90 Å². The minimum absolute atomic E-state index is 0.326. The van der Waals surface area contributed by atoms with Gasteiger partial charge in [0.25, 0.3) is 0 Å². The first-order chi connectivity index (χ1) is 12.3. The molecule has 3 rings (SSSR count). The van der Waals surface area contributed by atoms with Gasteiger partial charge in [0.15, 0.2) is 0 Å². The number of aliphatic hydroxyl groups is 1. The van der Waals surface area contributed by atoms with Gasteiger partial charge in [-0.2, -0.15) is 0 Å². The molecule has 0 unspecified atom stereocenters. The first-order valence-corrected chi connectivity index (χ1v) is 9.06. The number of nitrogens with zero attached hydrogens (tertiary/aromatic N) is 1.